The van der Waals surface area contributed by atoms with Crippen LogP contribution in [0.5, 0.6) is 0 Å². The molecular formula is C13H21N3O2S. The lowest BCUT2D eigenvalue weighted by Gasteiger charge is -2.31. The van der Waals surface area contributed by atoms with Gasteiger partial charge in [-0.2, -0.15) is 0 Å². The Morgan fingerprint density at radius 2 is 2.37 bits per heavy atom. The van der Waals surface area contributed by atoms with Crippen LogP contribution >= 0.6 is 11.3 Å². The molecule has 1 aliphatic heterocycles. The van der Waals surface area contributed by atoms with Crippen molar-refractivity contribution in [2.75, 3.05) is 26.2 Å². The molecule has 106 valence electrons. The van der Waals surface area contributed by atoms with Gasteiger partial charge in [-0.25, -0.2) is 4.98 Å². The number of thiazole rings is 1. The molecule has 1 atom stereocenters. The van der Waals surface area contributed by atoms with Gasteiger partial charge >= 0.3 is 0 Å². The molecule has 0 radical (unpaired) electrons. The Hall–Kier alpha value is -0.980. The number of carbonyl (C=O) groups excluding carboxylic acids is 1. The first kappa shape index (κ1) is 14.4. The Bertz CT molecular complexity index is 389. The van der Waals surface area contributed by atoms with Crippen molar-refractivity contribution in [2.45, 2.75) is 25.9 Å². The molecule has 2 N–H and O–H groups in total. The predicted molar refractivity (Wildman–Crippen MR) is 75.3 cm³/mol. The molecule has 1 aromatic heterocycles. The second kappa shape index (κ2) is 6.98. The summed E-state index contributed by atoms with van der Waals surface area (Å²) in [4.78, 5) is 17.8. The van der Waals surface area contributed by atoms with Crippen molar-refractivity contribution >= 4 is 17.2 Å². The fraction of sp³-hybridized carbons (Fsp3) is 0.692. The fourth-order valence-electron chi connectivity index (χ4n) is 2.23. The maximum absolute atomic E-state index is 11.7. The van der Waals surface area contributed by atoms with Gasteiger partial charge in [0.05, 0.1) is 11.6 Å². The second-order valence-electron chi connectivity index (χ2n) is 5.22. The maximum Gasteiger partial charge on any atom is 0.270 e. The number of rotatable bonds is 5. The summed E-state index contributed by atoms with van der Waals surface area (Å²) < 4.78 is 0. The number of aliphatic hydroxyl groups is 1. The molecule has 2 heterocycles. The number of nitrogens with zero attached hydrogens (tertiary/aromatic N) is 2. The Morgan fingerprint density at radius 3 is 3.00 bits per heavy atom. The van der Waals surface area contributed by atoms with Gasteiger partial charge in [-0.15, -0.1) is 11.3 Å². The highest BCUT2D eigenvalue weighted by Gasteiger charge is 2.18. The minimum absolute atomic E-state index is 0.215. The third-order valence-corrected chi connectivity index (χ3v) is 4.09. The first-order chi connectivity index (χ1) is 9.15. The van der Waals surface area contributed by atoms with Gasteiger partial charge in [0.15, 0.2) is 0 Å². The van der Waals surface area contributed by atoms with E-state index in [1.54, 1.807) is 10.9 Å². The SMILES string of the molecule is CC1CCN(CC(O)CNC(=O)c2cscn2)CC1. The number of aromatic nitrogens is 1. The van der Waals surface area contributed by atoms with Gasteiger partial charge in [0, 0.05) is 18.5 Å². The first-order valence-corrected chi connectivity index (χ1v) is 7.66. The summed E-state index contributed by atoms with van der Waals surface area (Å²) in [6.07, 6.45) is 1.87. The molecule has 1 aliphatic rings. The molecule has 5 nitrogen and oxygen atoms in total. The van der Waals surface area contributed by atoms with E-state index in [-0.39, 0.29) is 12.5 Å². The van der Waals surface area contributed by atoms with Gasteiger partial charge < -0.3 is 15.3 Å². The van der Waals surface area contributed by atoms with Crippen LogP contribution in [0.2, 0.25) is 0 Å². The molecule has 0 aliphatic carbocycles. The van der Waals surface area contributed by atoms with E-state index in [2.05, 4.69) is 22.1 Å². The van der Waals surface area contributed by atoms with E-state index in [1.165, 1.54) is 24.2 Å². The predicted octanol–water partition coefficient (Wildman–Crippen LogP) is 0.966. The molecule has 1 amide bonds. The molecule has 19 heavy (non-hydrogen) atoms. The van der Waals surface area contributed by atoms with Crippen molar-refractivity contribution in [3.8, 4) is 0 Å². The molecule has 0 bridgehead atoms. The fourth-order valence-corrected chi connectivity index (χ4v) is 2.77. The highest BCUT2D eigenvalue weighted by atomic mass is 32.1. The monoisotopic (exact) mass is 283 g/mol. The summed E-state index contributed by atoms with van der Waals surface area (Å²) in [5.41, 5.74) is 2.05. The van der Waals surface area contributed by atoms with Crippen molar-refractivity contribution in [3.63, 3.8) is 0 Å². The number of aliphatic hydroxyl groups excluding tert-OH is 1. The number of β-amino-alcohol motifs (C(OH)–C–C–N with tert-alkyl or cyclic N) is 1. The zero-order valence-electron chi connectivity index (χ0n) is 11.2. The van der Waals surface area contributed by atoms with Gasteiger partial charge in [0.25, 0.3) is 5.91 Å². The van der Waals surface area contributed by atoms with Crippen LogP contribution in [0.1, 0.15) is 30.3 Å². The van der Waals surface area contributed by atoms with Crippen LogP contribution in [0.25, 0.3) is 0 Å². The third-order valence-electron chi connectivity index (χ3n) is 3.51. The lowest BCUT2D eigenvalue weighted by molar-refractivity contribution is 0.0793. The van der Waals surface area contributed by atoms with Crippen LogP contribution in [-0.4, -0.2) is 53.2 Å². The first-order valence-electron chi connectivity index (χ1n) is 6.72. The number of hydrogen-bond acceptors (Lipinski definition) is 5. The van der Waals surface area contributed by atoms with Crippen LogP contribution < -0.4 is 5.32 Å². The molecule has 0 spiro atoms. The Balaban J connectivity index is 1.67. The van der Waals surface area contributed by atoms with Crippen LogP contribution in [0.15, 0.2) is 10.9 Å². The lowest BCUT2D eigenvalue weighted by atomic mass is 9.99. The second-order valence-corrected chi connectivity index (χ2v) is 5.94. The van der Waals surface area contributed by atoms with Gasteiger partial charge in [-0.1, -0.05) is 6.92 Å². The van der Waals surface area contributed by atoms with E-state index in [0.717, 1.165) is 19.0 Å². The highest BCUT2D eigenvalue weighted by Crippen LogP contribution is 2.15. The zero-order chi connectivity index (χ0) is 13.7. The summed E-state index contributed by atoms with van der Waals surface area (Å²) in [6.45, 7) is 5.25. The minimum atomic E-state index is -0.518. The number of hydrogen-bond donors (Lipinski definition) is 2. The van der Waals surface area contributed by atoms with Crippen molar-refractivity contribution in [2.24, 2.45) is 5.92 Å². The summed E-state index contributed by atoms with van der Waals surface area (Å²) >= 11 is 1.39. The minimum Gasteiger partial charge on any atom is -0.390 e. The highest BCUT2D eigenvalue weighted by molar-refractivity contribution is 7.07. The summed E-state index contributed by atoms with van der Waals surface area (Å²) in [5.74, 6) is 0.574. The summed E-state index contributed by atoms with van der Waals surface area (Å²) in [5, 5.41) is 14.4. The van der Waals surface area contributed by atoms with Crippen LogP contribution in [0.4, 0.5) is 0 Å². The van der Waals surface area contributed by atoms with Crippen molar-refractivity contribution < 1.29 is 9.90 Å². The Kier molecular flexibility index (Phi) is 5.30. The quantitative estimate of drug-likeness (QED) is 0.845. The van der Waals surface area contributed by atoms with Crippen LogP contribution in [-0.2, 0) is 0 Å². The average Bonchev–Trinajstić information content (AvgIpc) is 2.93. The smallest absolute Gasteiger partial charge is 0.270 e. The normalized spacial score (nSPS) is 19.3. The molecule has 2 rings (SSSR count). The number of carbonyl (C=O) groups is 1. The van der Waals surface area contributed by atoms with E-state index in [1.807, 2.05) is 0 Å². The van der Waals surface area contributed by atoms with Gasteiger partial charge in [0.2, 0.25) is 0 Å². The van der Waals surface area contributed by atoms with E-state index < -0.39 is 6.10 Å². The molecule has 1 fully saturated rings. The zero-order valence-corrected chi connectivity index (χ0v) is 12.0. The maximum atomic E-state index is 11.7. The molecule has 6 heteroatoms. The van der Waals surface area contributed by atoms with Crippen molar-refractivity contribution in [3.05, 3.63) is 16.6 Å². The van der Waals surface area contributed by atoms with E-state index in [4.69, 9.17) is 0 Å². The molecule has 1 aromatic rings. The lowest BCUT2D eigenvalue weighted by Crippen LogP contribution is -2.43. The standard InChI is InChI=1S/C13H21N3O2S/c1-10-2-4-16(5-3-10)7-11(17)6-14-13(18)12-8-19-9-15-12/h8-11,17H,2-7H2,1H3,(H,14,18). The molecule has 0 aromatic carbocycles. The largest absolute Gasteiger partial charge is 0.390 e. The van der Waals surface area contributed by atoms with Crippen LogP contribution in [0, 0.1) is 5.92 Å². The van der Waals surface area contributed by atoms with Gasteiger partial charge in [-0.3, -0.25) is 4.79 Å². The number of piperidine rings is 1. The topological polar surface area (TPSA) is 65.5 Å². The number of likely N-dealkylation sites (tertiary alicyclic amines) is 1. The summed E-state index contributed by atoms with van der Waals surface area (Å²) in [6, 6.07) is 0. The molecule has 1 unspecified atom stereocenters. The molecular weight excluding hydrogens is 262 g/mol. The Labute approximate surface area is 117 Å². The number of nitrogens with one attached hydrogen (secondary N) is 1. The average molecular weight is 283 g/mol. The van der Waals surface area contributed by atoms with Crippen LogP contribution in [0.3, 0.4) is 0 Å². The van der Waals surface area contributed by atoms with E-state index in [0.29, 0.717) is 12.2 Å². The third kappa shape index (κ3) is 4.56. The van der Waals surface area contributed by atoms with Crippen molar-refractivity contribution in [1.82, 2.24) is 15.2 Å². The molecule has 0 saturated carbocycles. The Morgan fingerprint density at radius 1 is 1.63 bits per heavy atom. The van der Waals surface area contributed by atoms with Crippen molar-refractivity contribution in [1.29, 1.82) is 0 Å². The van der Waals surface area contributed by atoms with E-state index >= 15 is 0 Å². The summed E-state index contributed by atoms with van der Waals surface area (Å²) in [7, 11) is 0. The van der Waals surface area contributed by atoms with Gasteiger partial charge in [0.1, 0.15) is 5.69 Å². The van der Waals surface area contributed by atoms with Gasteiger partial charge in [-0.05, 0) is 31.8 Å². The van der Waals surface area contributed by atoms with E-state index in [9.17, 15) is 9.90 Å². The number of amides is 1. The molecule has 1 saturated heterocycles.